The average Bonchev–Trinajstić information content (AvgIpc) is 3.44. The lowest BCUT2D eigenvalue weighted by atomic mass is 9.98. The van der Waals surface area contributed by atoms with Gasteiger partial charge in [-0.3, -0.25) is 4.79 Å². The van der Waals surface area contributed by atoms with E-state index in [1.54, 1.807) is 4.90 Å². The molecular weight excluding hydrogens is 448 g/mol. The van der Waals surface area contributed by atoms with Gasteiger partial charge in [0.05, 0.1) is 19.1 Å². The number of nitrogens with one attached hydrogen (secondary N) is 1. The van der Waals surface area contributed by atoms with Crippen LogP contribution < -0.4 is 5.32 Å². The van der Waals surface area contributed by atoms with Crippen LogP contribution in [0, 0.1) is 5.92 Å². The first-order chi connectivity index (χ1) is 16.9. The molecule has 1 heterocycles. The molecule has 1 saturated carbocycles. The van der Waals surface area contributed by atoms with E-state index in [0.29, 0.717) is 19.4 Å². The van der Waals surface area contributed by atoms with Gasteiger partial charge in [0, 0.05) is 18.5 Å². The molecule has 1 aliphatic heterocycles. The van der Waals surface area contributed by atoms with Gasteiger partial charge in [-0.05, 0) is 42.0 Å². The summed E-state index contributed by atoms with van der Waals surface area (Å²) in [5, 5.41) is 12.4. The predicted molar refractivity (Wildman–Crippen MR) is 128 cm³/mol. The second-order valence-corrected chi connectivity index (χ2v) is 9.76. The molecule has 1 saturated heterocycles. The molecule has 2 aromatic carbocycles. The van der Waals surface area contributed by atoms with Crippen LogP contribution in [0.5, 0.6) is 0 Å². The summed E-state index contributed by atoms with van der Waals surface area (Å²) in [5.74, 6) is -1.65. The molecule has 2 aliphatic carbocycles. The van der Waals surface area contributed by atoms with Gasteiger partial charge in [-0.2, -0.15) is 0 Å². The number of carbonyl (C=O) groups excluding carboxylic acids is 2. The first kappa shape index (κ1) is 23.4. The molecule has 8 nitrogen and oxygen atoms in total. The highest BCUT2D eigenvalue weighted by atomic mass is 16.5. The maximum atomic E-state index is 13.2. The third kappa shape index (κ3) is 4.38. The highest BCUT2D eigenvalue weighted by molar-refractivity contribution is 5.83. The predicted octanol–water partition coefficient (Wildman–Crippen LogP) is 3.40. The summed E-state index contributed by atoms with van der Waals surface area (Å²) < 4.78 is 11.1. The van der Waals surface area contributed by atoms with Crippen molar-refractivity contribution < 1.29 is 29.0 Å². The molecular formula is C27H30N2O6. The SMILES string of the molecule is CC1(C(=O)O)CN(C(=O)C2CCCC2NC(=O)OCC2c3ccccc3-c3ccccc32)CCO1. The molecule has 2 fully saturated rings. The zero-order valence-corrected chi connectivity index (χ0v) is 19.7. The number of carboxylic acid groups (broad SMARTS) is 1. The molecule has 3 atom stereocenters. The second-order valence-electron chi connectivity index (χ2n) is 9.76. The Morgan fingerprint density at radius 3 is 2.40 bits per heavy atom. The summed E-state index contributed by atoms with van der Waals surface area (Å²) in [6.45, 7) is 2.21. The largest absolute Gasteiger partial charge is 0.479 e. The second kappa shape index (κ2) is 9.34. The lowest BCUT2D eigenvalue weighted by Gasteiger charge is -2.39. The zero-order valence-electron chi connectivity index (χ0n) is 19.7. The fraction of sp³-hybridized carbons (Fsp3) is 0.444. The summed E-state index contributed by atoms with van der Waals surface area (Å²) in [5.41, 5.74) is 3.20. The number of hydrogen-bond acceptors (Lipinski definition) is 5. The van der Waals surface area contributed by atoms with Crippen LogP contribution in [0.3, 0.4) is 0 Å². The minimum atomic E-state index is -1.41. The molecule has 2 amide bonds. The number of carboxylic acids is 1. The van der Waals surface area contributed by atoms with Gasteiger partial charge in [-0.1, -0.05) is 55.0 Å². The first-order valence-electron chi connectivity index (χ1n) is 12.1. The molecule has 184 valence electrons. The van der Waals surface area contributed by atoms with Crippen molar-refractivity contribution in [3.05, 3.63) is 59.7 Å². The number of rotatable bonds is 5. The van der Waals surface area contributed by atoms with E-state index in [0.717, 1.165) is 28.7 Å². The molecule has 3 aliphatic rings. The van der Waals surface area contributed by atoms with Gasteiger partial charge in [0.25, 0.3) is 0 Å². The van der Waals surface area contributed by atoms with E-state index in [9.17, 15) is 19.5 Å². The summed E-state index contributed by atoms with van der Waals surface area (Å²) in [4.78, 5) is 39.1. The number of amides is 2. The molecule has 2 aromatic rings. The summed E-state index contributed by atoms with van der Waals surface area (Å²) in [6.07, 6.45) is 1.61. The maximum absolute atomic E-state index is 13.2. The quantitative estimate of drug-likeness (QED) is 0.683. The summed E-state index contributed by atoms with van der Waals surface area (Å²) >= 11 is 0. The number of ether oxygens (including phenoxy) is 2. The number of carbonyl (C=O) groups is 3. The molecule has 0 aromatic heterocycles. The Morgan fingerprint density at radius 2 is 1.74 bits per heavy atom. The van der Waals surface area contributed by atoms with Gasteiger partial charge in [-0.15, -0.1) is 0 Å². The van der Waals surface area contributed by atoms with Crippen molar-refractivity contribution in [3.63, 3.8) is 0 Å². The van der Waals surface area contributed by atoms with Gasteiger partial charge in [0.15, 0.2) is 5.60 Å². The Balaban J connectivity index is 1.21. The van der Waals surface area contributed by atoms with Crippen LogP contribution in [0.25, 0.3) is 11.1 Å². The van der Waals surface area contributed by atoms with Crippen LogP contribution >= 0.6 is 0 Å². The number of hydrogen-bond donors (Lipinski definition) is 2. The van der Waals surface area contributed by atoms with E-state index in [1.165, 1.54) is 6.92 Å². The van der Waals surface area contributed by atoms with Crippen molar-refractivity contribution >= 4 is 18.0 Å². The molecule has 0 radical (unpaired) electrons. The number of alkyl carbamates (subject to hydrolysis) is 1. The van der Waals surface area contributed by atoms with Crippen LogP contribution in [0.4, 0.5) is 4.79 Å². The van der Waals surface area contributed by atoms with Crippen molar-refractivity contribution in [2.75, 3.05) is 26.3 Å². The Bertz CT molecular complexity index is 1100. The van der Waals surface area contributed by atoms with Gasteiger partial charge in [-0.25, -0.2) is 9.59 Å². The van der Waals surface area contributed by atoms with Crippen LogP contribution in [0.15, 0.2) is 48.5 Å². The molecule has 8 heteroatoms. The van der Waals surface area contributed by atoms with Gasteiger partial charge < -0.3 is 24.8 Å². The van der Waals surface area contributed by atoms with E-state index in [1.807, 2.05) is 24.3 Å². The first-order valence-corrected chi connectivity index (χ1v) is 12.1. The third-order valence-corrected chi connectivity index (χ3v) is 7.52. The van der Waals surface area contributed by atoms with Gasteiger partial charge in [0.2, 0.25) is 5.91 Å². The molecule has 2 N–H and O–H groups in total. The molecule has 0 spiro atoms. The Labute approximate surface area is 204 Å². The molecule has 3 unspecified atom stereocenters. The van der Waals surface area contributed by atoms with Crippen molar-refractivity contribution in [1.29, 1.82) is 0 Å². The minimum Gasteiger partial charge on any atom is -0.479 e. The molecule has 0 bridgehead atoms. The van der Waals surface area contributed by atoms with Crippen molar-refractivity contribution in [2.24, 2.45) is 5.92 Å². The zero-order chi connectivity index (χ0) is 24.6. The average molecular weight is 479 g/mol. The van der Waals surface area contributed by atoms with E-state index in [4.69, 9.17) is 9.47 Å². The maximum Gasteiger partial charge on any atom is 0.407 e. The van der Waals surface area contributed by atoms with Crippen LogP contribution in [0.2, 0.25) is 0 Å². The van der Waals surface area contributed by atoms with E-state index in [2.05, 4.69) is 29.6 Å². The summed E-state index contributed by atoms with van der Waals surface area (Å²) in [7, 11) is 0. The minimum absolute atomic E-state index is 0.00463. The van der Waals surface area contributed by atoms with Crippen LogP contribution in [-0.2, 0) is 19.1 Å². The highest BCUT2D eigenvalue weighted by Crippen LogP contribution is 2.44. The van der Waals surface area contributed by atoms with Crippen molar-refractivity contribution in [2.45, 2.75) is 43.7 Å². The number of nitrogens with zero attached hydrogens (tertiary/aromatic N) is 1. The molecule has 35 heavy (non-hydrogen) atoms. The fourth-order valence-electron chi connectivity index (χ4n) is 5.64. The number of benzene rings is 2. The lowest BCUT2D eigenvalue weighted by molar-refractivity contribution is -0.178. The van der Waals surface area contributed by atoms with E-state index in [-0.39, 0.29) is 37.6 Å². The monoisotopic (exact) mass is 478 g/mol. The topological polar surface area (TPSA) is 105 Å². The Morgan fingerprint density at radius 1 is 1.09 bits per heavy atom. The number of morpholine rings is 1. The smallest absolute Gasteiger partial charge is 0.407 e. The Hall–Kier alpha value is -3.39. The highest BCUT2D eigenvalue weighted by Gasteiger charge is 2.44. The third-order valence-electron chi connectivity index (χ3n) is 7.52. The lowest BCUT2D eigenvalue weighted by Crippen LogP contribution is -2.58. The van der Waals surface area contributed by atoms with Crippen molar-refractivity contribution in [1.82, 2.24) is 10.2 Å². The standard InChI is InChI=1S/C27H30N2O6/c1-27(25(31)32)16-29(13-14-35-27)24(30)21-11-6-12-23(21)28-26(33)34-15-22-19-9-4-2-7-17(19)18-8-3-5-10-20(18)22/h2-5,7-10,21-23H,6,11-16H2,1H3,(H,28,33)(H,31,32). The van der Waals surface area contributed by atoms with Crippen LogP contribution in [-0.4, -0.2) is 65.9 Å². The number of fused-ring (bicyclic) bond motifs is 3. The fourth-order valence-corrected chi connectivity index (χ4v) is 5.64. The number of aliphatic carboxylic acids is 1. The van der Waals surface area contributed by atoms with Gasteiger partial charge in [0.1, 0.15) is 6.61 Å². The molecule has 5 rings (SSSR count). The van der Waals surface area contributed by atoms with Crippen molar-refractivity contribution in [3.8, 4) is 11.1 Å². The van der Waals surface area contributed by atoms with Crippen LogP contribution in [0.1, 0.15) is 43.2 Å². The normalized spacial score (nSPS) is 25.6. The van der Waals surface area contributed by atoms with Gasteiger partial charge >= 0.3 is 12.1 Å². The summed E-state index contributed by atoms with van der Waals surface area (Å²) in [6, 6.07) is 16.0. The van der Waals surface area contributed by atoms with E-state index >= 15 is 0 Å². The van der Waals surface area contributed by atoms with E-state index < -0.39 is 23.6 Å². The Kier molecular flexibility index (Phi) is 6.23.